The first-order valence-electron chi connectivity index (χ1n) is 5.80. The van der Waals surface area contributed by atoms with Crippen LogP contribution in [0.4, 0.5) is 5.69 Å². The van der Waals surface area contributed by atoms with Gasteiger partial charge in [0, 0.05) is 30.2 Å². The van der Waals surface area contributed by atoms with Crippen LogP contribution in [-0.2, 0) is 4.79 Å². The Morgan fingerprint density at radius 2 is 2.18 bits per heavy atom. The SMILES string of the molecule is CC1(C)CNCCC(=O)N1c1cccc(Cl)c1. The molecule has 1 aliphatic heterocycles. The molecule has 1 aromatic carbocycles. The van der Waals surface area contributed by atoms with E-state index in [4.69, 9.17) is 11.6 Å². The zero-order valence-corrected chi connectivity index (χ0v) is 10.9. The molecule has 0 bridgehead atoms. The van der Waals surface area contributed by atoms with Gasteiger partial charge in [-0.1, -0.05) is 17.7 Å². The molecule has 0 aliphatic carbocycles. The number of hydrogen-bond acceptors (Lipinski definition) is 2. The minimum absolute atomic E-state index is 0.141. The highest BCUT2D eigenvalue weighted by atomic mass is 35.5. The van der Waals surface area contributed by atoms with Crippen molar-refractivity contribution in [1.29, 1.82) is 0 Å². The number of anilines is 1. The van der Waals surface area contributed by atoms with Crippen LogP contribution in [0, 0.1) is 0 Å². The van der Waals surface area contributed by atoms with Gasteiger partial charge in [0.2, 0.25) is 5.91 Å². The molecule has 0 aromatic heterocycles. The second kappa shape index (κ2) is 4.67. The lowest BCUT2D eigenvalue weighted by Crippen LogP contribution is -2.51. The maximum Gasteiger partial charge on any atom is 0.228 e. The van der Waals surface area contributed by atoms with Crippen LogP contribution in [-0.4, -0.2) is 24.5 Å². The normalized spacial score (nSPS) is 20.2. The van der Waals surface area contributed by atoms with Crippen molar-refractivity contribution in [2.45, 2.75) is 25.8 Å². The van der Waals surface area contributed by atoms with Crippen LogP contribution in [0.15, 0.2) is 24.3 Å². The van der Waals surface area contributed by atoms with E-state index in [0.29, 0.717) is 11.4 Å². The Hall–Kier alpha value is -1.06. The van der Waals surface area contributed by atoms with Gasteiger partial charge in [0.15, 0.2) is 0 Å². The number of amides is 1. The van der Waals surface area contributed by atoms with Gasteiger partial charge in [0.25, 0.3) is 0 Å². The third-order valence-electron chi connectivity index (χ3n) is 2.99. The van der Waals surface area contributed by atoms with Crippen LogP contribution in [0.1, 0.15) is 20.3 Å². The number of rotatable bonds is 1. The third-order valence-corrected chi connectivity index (χ3v) is 3.23. The Morgan fingerprint density at radius 1 is 1.41 bits per heavy atom. The van der Waals surface area contributed by atoms with Gasteiger partial charge in [0.05, 0.1) is 5.54 Å². The molecule has 17 heavy (non-hydrogen) atoms. The molecule has 3 nitrogen and oxygen atoms in total. The lowest BCUT2D eigenvalue weighted by molar-refractivity contribution is -0.119. The molecular formula is C13H17ClN2O. The van der Waals surface area contributed by atoms with E-state index < -0.39 is 0 Å². The van der Waals surface area contributed by atoms with Crippen LogP contribution < -0.4 is 10.2 Å². The van der Waals surface area contributed by atoms with Crippen molar-refractivity contribution < 1.29 is 4.79 Å². The van der Waals surface area contributed by atoms with E-state index in [-0.39, 0.29) is 11.4 Å². The molecular weight excluding hydrogens is 236 g/mol. The van der Waals surface area contributed by atoms with E-state index in [1.165, 1.54) is 0 Å². The van der Waals surface area contributed by atoms with Gasteiger partial charge in [-0.25, -0.2) is 0 Å². The molecule has 4 heteroatoms. The quantitative estimate of drug-likeness (QED) is 0.833. The fourth-order valence-electron chi connectivity index (χ4n) is 2.23. The number of nitrogens with one attached hydrogen (secondary N) is 1. The summed E-state index contributed by atoms with van der Waals surface area (Å²) in [4.78, 5) is 14.0. The molecule has 1 amide bonds. The van der Waals surface area contributed by atoms with Crippen LogP contribution in [0.25, 0.3) is 0 Å². The topological polar surface area (TPSA) is 32.3 Å². The Labute approximate surface area is 107 Å². The molecule has 0 spiro atoms. The van der Waals surface area contributed by atoms with Crippen LogP contribution in [0.3, 0.4) is 0 Å². The van der Waals surface area contributed by atoms with Crippen LogP contribution in [0.2, 0.25) is 5.02 Å². The summed E-state index contributed by atoms with van der Waals surface area (Å²) < 4.78 is 0. The van der Waals surface area contributed by atoms with E-state index in [1.54, 1.807) is 0 Å². The Morgan fingerprint density at radius 3 is 2.88 bits per heavy atom. The average molecular weight is 253 g/mol. The van der Waals surface area contributed by atoms with Gasteiger partial charge in [-0.2, -0.15) is 0 Å². The molecule has 2 rings (SSSR count). The second-order valence-corrected chi connectivity index (χ2v) is 5.38. The summed E-state index contributed by atoms with van der Waals surface area (Å²) in [5.74, 6) is 0.141. The summed E-state index contributed by atoms with van der Waals surface area (Å²) >= 11 is 5.99. The highest BCUT2D eigenvalue weighted by molar-refractivity contribution is 6.30. The summed E-state index contributed by atoms with van der Waals surface area (Å²) in [5.41, 5.74) is 0.634. The minimum atomic E-state index is -0.238. The predicted octanol–water partition coefficient (Wildman–Crippen LogP) is 2.44. The van der Waals surface area contributed by atoms with Crippen molar-refractivity contribution in [3.63, 3.8) is 0 Å². The molecule has 1 aliphatic rings. The highest BCUT2D eigenvalue weighted by Crippen LogP contribution is 2.28. The highest BCUT2D eigenvalue weighted by Gasteiger charge is 2.33. The third kappa shape index (κ3) is 2.61. The first-order valence-corrected chi connectivity index (χ1v) is 6.18. The van der Waals surface area contributed by atoms with Crippen molar-refractivity contribution in [2.75, 3.05) is 18.0 Å². The monoisotopic (exact) mass is 252 g/mol. The van der Waals surface area contributed by atoms with Crippen molar-refractivity contribution in [2.24, 2.45) is 0 Å². The summed E-state index contributed by atoms with van der Waals surface area (Å²) in [6.07, 6.45) is 0.524. The number of benzene rings is 1. The molecule has 1 heterocycles. The van der Waals surface area contributed by atoms with Crippen LogP contribution in [0.5, 0.6) is 0 Å². The number of halogens is 1. The molecule has 0 saturated carbocycles. The number of carbonyl (C=O) groups is 1. The zero-order valence-electron chi connectivity index (χ0n) is 10.2. The Bertz CT molecular complexity index is 431. The smallest absolute Gasteiger partial charge is 0.228 e. The number of carbonyl (C=O) groups excluding carboxylic acids is 1. The van der Waals surface area contributed by atoms with E-state index in [2.05, 4.69) is 19.2 Å². The standard InChI is InChI=1S/C13H17ClN2O/c1-13(2)9-15-7-6-12(17)16(13)11-5-3-4-10(14)8-11/h3-5,8,15H,6-7,9H2,1-2H3. The molecule has 1 N–H and O–H groups in total. The van der Waals surface area contributed by atoms with Gasteiger partial charge in [-0.15, -0.1) is 0 Å². The van der Waals surface area contributed by atoms with Gasteiger partial charge in [-0.05, 0) is 32.0 Å². The summed E-state index contributed by atoms with van der Waals surface area (Å²) in [6, 6.07) is 7.46. The van der Waals surface area contributed by atoms with Crippen molar-refractivity contribution in [1.82, 2.24) is 5.32 Å². The summed E-state index contributed by atoms with van der Waals surface area (Å²) in [7, 11) is 0. The Balaban J connectivity index is 2.41. The Kier molecular flexibility index (Phi) is 3.40. The fourth-order valence-corrected chi connectivity index (χ4v) is 2.41. The number of hydrogen-bond donors (Lipinski definition) is 1. The molecule has 0 radical (unpaired) electrons. The van der Waals surface area contributed by atoms with Crippen molar-refractivity contribution in [3.8, 4) is 0 Å². The molecule has 0 atom stereocenters. The van der Waals surface area contributed by atoms with Crippen molar-refractivity contribution in [3.05, 3.63) is 29.3 Å². The largest absolute Gasteiger partial charge is 0.314 e. The van der Waals surface area contributed by atoms with Gasteiger partial charge in [0.1, 0.15) is 0 Å². The predicted molar refractivity (Wildman–Crippen MR) is 70.5 cm³/mol. The summed E-state index contributed by atoms with van der Waals surface area (Å²) in [6.45, 7) is 5.64. The lowest BCUT2D eigenvalue weighted by atomic mass is 10.0. The van der Waals surface area contributed by atoms with E-state index in [1.807, 2.05) is 29.2 Å². The number of nitrogens with zero attached hydrogens (tertiary/aromatic N) is 1. The van der Waals surface area contributed by atoms with Gasteiger partial charge in [-0.3, -0.25) is 4.79 Å². The first kappa shape index (κ1) is 12.4. The lowest BCUT2D eigenvalue weighted by Gasteiger charge is -2.37. The zero-order chi connectivity index (χ0) is 12.5. The molecule has 92 valence electrons. The average Bonchev–Trinajstić information content (AvgIpc) is 2.36. The first-order chi connectivity index (χ1) is 8.00. The fraction of sp³-hybridized carbons (Fsp3) is 0.462. The van der Waals surface area contributed by atoms with E-state index >= 15 is 0 Å². The van der Waals surface area contributed by atoms with Crippen molar-refractivity contribution >= 4 is 23.2 Å². The second-order valence-electron chi connectivity index (χ2n) is 4.95. The van der Waals surface area contributed by atoms with E-state index in [9.17, 15) is 4.79 Å². The minimum Gasteiger partial charge on any atom is -0.314 e. The van der Waals surface area contributed by atoms with Gasteiger partial charge < -0.3 is 10.2 Å². The van der Waals surface area contributed by atoms with Crippen LogP contribution >= 0.6 is 11.6 Å². The molecule has 1 saturated heterocycles. The van der Waals surface area contributed by atoms with Gasteiger partial charge >= 0.3 is 0 Å². The maximum absolute atomic E-state index is 12.2. The molecule has 1 aromatic rings. The molecule has 1 fully saturated rings. The van der Waals surface area contributed by atoms with E-state index in [0.717, 1.165) is 18.8 Å². The summed E-state index contributed by atoms with van der Waals surface area (Å²) in [5, 5.41) is 3.94. The maximum atomic E-state index is 12.2. The molecule has 0 unspecified atom stereocenters.